The van der Waals surface area contributed by atoms with E-state index in [1.54, 1.807) is 6.07 Å². The van der Waals surface area contributed by atoms with Crippen LogP contribution in [0.5, 0.6) is 0 Å². The lowest BCUT2D eigenvalue weighted by molar-refractivity contribution is -0.127. The average molecular weight is 290 g/mol. The van der Waals surface area contributed by atoms with Crippen molar-refractivity contribution in [2.45, 2.75) is 6.04 Å². The first-order valence-electron chi connectivity index (χ1n) is 6.97. The largest absolute Gasteiger partial charge is 0.382 e. The van der Waals surface area contributed by atoms with Crippen LogP contribution in [-0.2, 0) is 9.53 Å². The van der Waals surface area contributed by atoms with E-state index in [0.29, 0.717) is 18.7 Å². The van der Waals surface area contributed by atoms with Crippen LogP contribution in [-0.4, -0.2) is 55.6 Å². The molecule has 1 aromatic carbocycles. The Balaban J connectivity index is 1.92. The Labute approximate surface area is 122 Å². The van der Waals surface area contributed by atoms with E-state index >= 15 is 0 Å². The molecule has 1 saturated heterocycles. The fourth-order valence-electron chi connectivity index (χ4n) is 2.69. The Hall–Kier alpha value is -2.28. The van der Waals surface area contributed by atoms with Crippen LogP contribution in [0.25, 0.3) is 0 Å². The molecule has 7 heteroatoms. The number of amides is 2. The highest BCUT2D eigenvalue weighted by atomic mass is 16.5. The van der Waals surface area contributed by atoms with Gasteiger partial charge in [0.05, 0.1) is 30.2 Å². The van der Waals surface area contributed by atoms with E-state index in [0.717, 1.165) is 24.5 Å². The summed E-state index contributed by atoms with van der Waals surface area (Å²) in [5.74, 6) is -0.742. The van der Waals surface area contributed by atoms with Crippen LogP contribution in [0.15, 0.2) is 18.2 Å². The van der Waals surface area contributed by atoms with Gasteiger partial charge in [-0.2, -0.15) is 0 Å². The Morgan fingerprint density at radius 1 is 1.29 bits per heavy atom. The summed E-state index contributed by atoms with van der Waals surface area (Å²) in [6.45, 7) is 2.49. The zero-order valence-corrected chi connectivity index (χ0v) is 11.6. The van der Waals surface area contributed by atoms with Gasteiger partial charge in [0.2, 0.25) is 5.91 Å². The molecule has 2 heterocycles. The number of hydrogen-bond acceptors (Lipinski definition) is 5. The molecule has 1 fully saturated rings. The number of anilines is 2. The number of nitrogens with zero attached hydrogens (tertiary/aromatic N) is 1. The Morgan fingerprint density at radius 2 is 2.10 bits per heavy atom. The topological polar surface area (TPSA) is 96.7 Å². The maximum absolute atomic E-state index is 12.8. The number of para-hydroxylation sites is 1. The Morgan fingerprint density at radius 3 is 2.90 bits per heavy atom. The molecule has 2 amide bonds. The molecule has 21 heavy (non-hydrogen) atoms. The molecule has 0 bridgehead atoms. The first-order chi connectivity index (χ1) is 10.2. The molecule has 0 radical (unpaired) electrons. The number of primary amides is 1. The number of rotatable bonds is 2. The number of carbonyl (C=O) groups is 2. The molecular formula is C14H18N4O3. The normalized spacial score (nSPS) is 21.0. The summed E-state index contributed by atoms with van der Waals surface area (Å²) in [5, 5.41) is 6.48. The van der Waals surface area contributed by atoms with Crippen molar-refractivity contribution in [2.24, 2.45) is 5.73 Å². The van der Waals surface area contributed by atoms with E-state index in [1.165, 1.54) is 4.90 Å². The summed E-state index contributed by atoms with van der Waals surface area (Å²) in [4.78, 5) is 25.8. The average Bonchev–Trinajstić information content (AvgIpc) is 2.53. The highest BCUT2D eigenvalue weighted by Gasteiger charge is 2.33. The van der Waals surface area contributed by atoms with E-state index in [-0.39, 0.29) is 12.5 Å². The first-order valence-corrected chi connectivity index (χ1v) is 6.97. The van der Waals surface area contributed by atoms with Gasteiger partial charge < -0.3 is 26.0 Å². The van der Waals surface area contributed by atoms with Gasteiger partial charge in [-0.05, 0) is 12.1 Å². The quantitative estimate of drug-likeness (QED) is 0.704. The zero-order valence-electron chi connectivity index (χ0n) is 11.6. The summed E-state index contributed by atoms with van der Waals surface area (Å²) in [7, 11) is 0. The summed E-state index contributed by atoms with van der Waals surface area (Å²) >= 11 is 0. The number of nitrogens with two attached hydrogens (primary N) is 1. The van der Waals surface area contributed by atoms with Crippen LogP contribution < -0.4 is 16.4 Å². The minimum atomic E-state index is -0.710. The van der Waals surface area contributed by atoms with E-state index < -0.39 is 11.9 Å². The molecule has 7 nitrogen and oxygen atoms in total. The van der Waals surface area contributed by atoms with E-state index in [4.69, 9.17) is 10.5 Å². The minimum absolute atomic E-state index is 0.155. The number of carbonyl (C=O) groups excluding carboxylic acids is 2. The maximum atomic E-state index is 12.8. The Kier molecular flexibility index (Phi) is 3.66. The molecule has 1 unspecified atom stereocenters. The number of nitrogens with one attached hydrogen (secondary N) is 2. The van der Waals surface area contributed by atoms with Crippen molar-refractivity contribution < 1.29 is 14.3 Å². The first kappa shape index (κ1) is 13.7. The molecule has 1 aromatic rings. The lowest BCUT2D eigenvalue weighted by Gasteiger charge is -2.34. The van der Waals surface area contributed by atoms with Gasteiger partial charge in [0, 0.05) is 19.6 Å². The number of benzene rings is 1. The second-order valence-electron chi connectivity index (χ2n) is 5.07. The standard InChI is InChI=1S/C14H18N4O3/c15-13(19)11-8-21-7-6-18(11)14(20)9-2-1-3-10-12(9)17-5-4-16-10/h1-3,11,16-17H,4-8H2,(H2,15,19). The number of ether oxygens (including phenoxy) is 1. The van der Waals surface area contributed by atoms with E-state index in [2.05, 4.69) is 10.6 Å². The molecule has 0 aliphatic carbocycles. The smallest absolute Gasteiger partial charge is 0.256 e. The van der Waals surface area contributed by atoms with Crippen LogP contribution in [0, 0.1) is 0 Å². The third-order valence-corrected chi connectivity index (χ3v) is 3.75. The van der Waals surface area contributed by atoms with Crippen LogP contribution in [0.1, 0.15) is 10.4 Å². The molecule has 0 spiro atoms. The zero-order chi connectivity index (χ0) is 14.8. The SMILES string of the molecule is NC(=O)C1COCCN1C(=O)c1cccc2c1NCCN2. The molecule has 0 aromatic heterocycles. The van der Waals surface area contributed by atoms with Crippen LogP contribution >= 0.6 is 0 Å². The molecule has 3 rings (SSSR count). The van der Waals surface area contributed by atoms with Crippen molar-refractivity contribution >= 4 is 23.2 Å². The molecule has 1 atom stereocenters. The molecule has 112 valence electrons. The third-order valence-electron chi connectivity index (χ3n) is 3.75. The van der Waals surface area contributed by atoms with Crippen molar-refractivity contribution in [1.82, 2.24) is 4.90 Å². The van der Waals surface area contributed by atoms with E-state index in [9.17, 15) is 9.59 Å². The van der Waals surface area contributed by atoms with Gasteiger partial charge in [-0.3, -0.25) is 9.59 Å². The van der Waals surface area contributed by atoms with Crippen molar-refractivity contribution in [2.75, 3.05) is 43.5 Å². The molecule has 0 saturated carbocycles. The highest BCUT2D eigenvalue weighted by molar-refractivity contribution is 6.04. The molecular weight excluding hydrogens is 272 g/mol. The van der Waals surface area contributed by atoms with Gasteiger partial charge in [0.1, 0.15) is 6.04 Å². The Bertz CT molecular complexity index is 575. The van der Waals surface area contributed by atoms with Crippen LogP contribution in [0.4, 0.5) is 11.4 Å². The molecule has 4 N–H and O–H groups in total. The lowest BCUT2D eigenvalue weighted by atomic mass is 10.1. The fourth-order valence-corrected chi connectivity index (χ4v) is 2.69. The van der Waals surface area contributed by atoms with Crippen molar-refractivity contribution in [3.63, 3.8) is 0 Å². The molecule has 2 aliphatic heterocycles. The third kappa shape index (κ3) is 2.52. The number of fused-ring (bicyclic) bond motifs is 1. The van der Waals surface area contributed by atoms with Crippen molar-refractivity contribution in [1.29, 1.82) is 0 Å². The van der Waals surface area contributed by atoms with Gasteiger partial charge in [-0.15, -0.1) is 0 Å². The highest BCUT2D eigenvalue weighted by Crippen LogP contribution is 2.29. The van der Waals surface area contributed by atoms with E-state index in [1.807, 2.05) is 12.1 Å². The second kappa shape index (κ2) is 5.61. The molecule has 2 aliphatic rings. The van der Waals surface area contributed by atoms with Gasteiger partial charge in [0.15, 0.2) is 0 Å². The van der Waals surface area contributed by atoms with Gasteiger partial charge >= 0.3 is 0 Å². The van der Waals surface area contributed by atoms with Crippen molar-refractivity contribution in [3.05, 3.63) is 23.8 Å². The van der Waals surface area contributed by atoms with Gasteiger partial charge in [0.25, 0.3) is 5.91 Å². The number of hydrogen-bond donors (Lipinski definition) is 3. The minimum Gasteiger partial charge on any atom is -0.382 e. The summed E-state index contributed by atoms with van der Waals surface area (Å²) in [6, 6.07) is 4.79. The summed E-state index contributed by atoms with van der Waals surface area (Å²) in [5.41, 5.74) is 7.60. The predicted octanol–water partition coefficient (Wildman–Crippen LogP) is -0.150. The monoisotopic (exact) mass is 290 g/mol. The van der Waals surface area contributed by atoms with Crippen LogP contribution in [0.3, 0.4) is 0 Å². The summed E-state index contributed by atoms with van der Waals surface area (Å²) in [6.07, 6.45) is 0. The summed E-state index contributed by atoms with van der Waals surface area (Å²) < 4.78 is 5.25. The second-order valence-corrected chi connectivity index (χ2v) is 5.07. The van der Waals surface area contributed by atoms with Gasteiger partial charge in [-0.1, -0.05) is 6.07 Å². The van der Waals surface area contributed by atoms with Gasteiger partial charge in [-0.25, -0.2) is 0 Å². The van der Waals surface area contributed by atoms with Crippen molar-refractivity contribution in [3.8, 4) is 0 Å². The maximum Gasteiger partial charge on any atom is 0.256 e. The van der Waals surface area contributed by atoms with Crippen LogP contribution in [0.2, 0.25) is 0 Å². The lowest BCUT2D eigenvalue weighted by Crippen LogP contribution is -2.54. The number of morpholine rings is 1. The fraction of sp³-hybridized carbons (Fsp3) is 0.429. The predicted molar refractivity (Wildman–Crippen MR) is 78.3 cm³/mol.